The predicted molar refractivity (Wildman–Crippen MR) is 169 cm³/mol. The number of aliphatic hydroxyl groups excluding tert-OH is 2. The summed E-state index contributed by atoms with van der Waals surface area (Å²) in [5.41, 5.74) is 4.41. The normalized spacial score (nSPS) is 12.2. The first-order chi connectivity index (χ1) is 19.6. The molecule has 0 aromatic heterocycles. The summed E-state index contributed by atoms with van der Waals surface area (Å²) in [5.74, 6) is 0. The number of primary sulfonamides is 2. The molecule has 42 heavy (non-hydrogen) atoms. The molecule has 0 radical (unpaired) electrons. The van der Waals surface area contributed by atoms with E-state index in [2.05, 4.69) is 0 Å². The summed E-state index contributed by atoms with van der Waals surface area (Å²) in [6.07, 6.45) is 1.03. The molecule has 4 aromatic carbocycles. The number of hydrogen-bond donors (Lipinski definition) is 4. The highest BCUT2D eigenvalue weighted by atomic mass is 32.2. The SMILES string of the molecule is C[C@H](O)Cc1ccccc1.C[C@H](O)Cc1ccccc1.Cc1ccc(S(N)(=O)=O)cc1.Cc1ccc(S(N)(=O)=O)cc1. The van der Waals surface area contributed by atoms with Crippen LogP contribution in [0.25, 0.3) is 0 Å². The van der Waals surface area contributed by atoms with Gasteiger partial charge in [0.05, 0.1) is 22.0 Å². The summed E-state index contributed by atoms with van der Waals surface area (Å²) < 4.78 is 42.9. The first-order valence-corrected chi connectivity index (χ1v) is 16.3. The summed E-state index contributed by atoms with van der Waals surface area (Å²) >= 11 is 0. The van der Waals surface area contributed by atoms with E-state index in [1.54, 1.807) is 38.1 Å². The Hall–Kier alpha value is -3.38. The maximum absolute atomic E-state index is 10.7. The number of nitrogens with two attached hydrogens (primary N) is 2. The highest BCUT2D eigenvalue weighted by Gasteiger charge is 2.05. The first kappa shape index (κ1) is 36.6. The molecule has 4 aromatic rings. The minimum Gasteiger partial charge on any atom is -0.393 e. The van der Waals surface area contributed by atoms with Crippen LogP contribution in [0.1, 0.15) is 36.1 Å². The second-order valence-electron chi connectivity index (χ2n) is 9.79. The summed E-state index contributed by atoms with van der Waals surface area (Å²) in [5, 5.41) is 27.8. The molecule has 6 N–H and O–H groups in total. The zero-order valence-electron chi connectivity index (χ0n) is 24.5. The number of hydrogen-bond acceptors (Lipinski definition) is 6. The van der Waals surface area contributed by atoms with Crippen molar-refractivity contribution in [2.24, 2.45) is 10.3 Å². The van der Waals surface area contributed by atoms with Crippen LogP contribution >= 0.6 is 0 Å². The van der Waals surface area contributed by atoms with Crippen molar-refractivity contribution >= 4 is 20.0 Å². The lowest BCUT2D eigenvalue weighted by Gasteiger charge is -2.02. The molecule has 0 fully saturated rings. The zero-order valence-corrected chi connectivity index (χ0v) is 26.1. The van der Waals surface area contributed by atoms with Crippen molar-refractivity contribution in [1.29, 1.82) is 0 Å². The van der Waals surface area contributed by atoms with E-state index < -0.39 is 20.0 Å². The summed E-state index contributed by atoms with van der Waals surface area (Å²) in [6.45, 7) is 7.36. The van der Waals surface area contributed by atoms with E-state index in [4.69, 9.17) is 20.5 Å². The van der Waals surface area contributed by atoms with Crippen molar-refractivity contribution in [3.8, 4) is 0 Å². The van der Waals surface area contributed by atoms with Crippen LogP contribution in [-0.4, -0.2) is 39.3 Å². The fourth-order valence-electron chi connectivity index (χ4n) is 3.37. The van der Waals surface area contributed by atoms with E-state index in [1.165, 1.54) is 35.4 Å². The van der Waals surface area contributed by atoms with Crippen molar-refractivity contribution in [2.75, 3.05) is 0 Å². The van der Waals surface area contributed by atoms with Gasteiger partial charge in [0, 0.05) is 0 Å². The van der Waals surface area contributed by atoms with E-state index in [0.717, 1.165) is 24.0 Å². The Morgan fingerprint density at radius 2 is 0.786 bits per heavy atom. The Bertz CT molecular complexity index is 1390. The predicted octanol–water partition coefficient (Wildman–Crippen LogP) is 4.50. The lowest BCUT2D eigenvalue weighted by molar-refractivity contribution is 0.195. The van der Waals surface area contributed by atoms with Crippen LogP contribution in [0.2, 0.25) is 0 Å². The number of aliphatic hydroxyl groups is 2. The molecule has 10 heteroatoms. The lowest BCUT2D eigenvalue weighted by atomic mass is 10.1. The largest absolute Gasteiger partial charge is 0.393 e. The number of aryl methyl sites for hydroxylation is 2. The topological polar surface area (TPSA) is 161 Å². The van der Waals surface area contributed by atoms with Crippen LogP contribution in [0.5, 0.6) is 0 Å². The minimum atomic E-state index is -3.52. The third-order valence-corrected chi connectivity index (χ3v) is 7.31. The fraction of sp³-hybridized carbons (Fsp3) is 0.250. The van der Waals surface area contributed by atoms with Crippen LogP contribution in [0, 0.1) is 13.8 Å². The monoisotopic (exact) mass is 614 g/mol. The Morgan fingerprint density at radius 1 is 0.524 bits per heavy atom. The van der Waals surface area contributed by atoms with Gasteiger partial charge < -0.3 is 10.2 Å². The Morgan fingerprint density at radius 3 is 1.00 bits per heavy atom. The molecule has 228 valence electrons. The van der Waals surface area contributed by atoms with Gasteiger partial charge in [0.2, 0.25) is 20.0 Å². The molecule has 0 saturated carbocycles. The Kier molecular flexibility index (Phi) is 15.9. The number of sulfonamides is 2. The van der Waals surface area contributed by atoms with Crippen molar-refractivity contribution in [3.05, 3.63) is 131 Å². The van der Waals surface area contributed by atoms with Crippen LogP contribution in [0.3, 0.4) is 0 Å². The van der Waals surface area contributed by atoms with Gasteiger partial charge in [-0.05, 0) is 75.9 Å². The van der Waals surface area contributed by atoms with Gasteiger partial charge in [-0.1, -0.05) is 96.1 Å². The minimum absolute atomic E-state index is 0.156. The molecule has 4 rings (SSSR count). The molecule has 0 amide bonds. The van der Waals surface area contributed by atoms with Crippen molar-refractivity contribution in [3.63, 3.8) is 0 Å². The van der Waals surface area contributed by atoms with Gasteiger partial charge in [0.15, 0.2) is 0 Å². The molecule has 0 aliphatic rings. The average Bonchev–Trinajstić information content (AvgIpc) is 2.90. The average molecular weight is 615 g/mol. The van der Waals surface area contributed by atoms with Crippen molar-refractivity contribution in [2.45, 2.75) is 62.5 Å². The smallest absolute Gasteiger partial charge is 0.238 e. The number of rotatable bonds is 6. The molecule has 8 nitrogen and oxygen atoms in total. The third kappa shape index (κ3) is 16.8. The van der Waals surface area contributed by atoms with Gasteiger partial charge in [-0.2, -0.15) is 0 Å². The molecule has 0 unspecified atom stereocenters. The van der Waals surface area contributed by atoms with E-state index >= 15 is 0 Å². The molecule has 0 heterocycles. The second kappa shape index (κ2) is 18.2. The molecular weight excluding hydrogens is 572 g/mol. The fourth-order valence-corrected chi connectivity index (χ4v) is 4.40. The van der Waals surface area contributed by atoms with Gasteiger partial charge >= 0.3 is 0 Å². The van der Waals surface area contributed by atoms with Gasteiger partial charge in [0.25, 0.3) is 0 Å². The Balaban J connectivity index is 0.000000280. The van der Waals surface area contributed by atoms with E-state index in [1.807, 2.05) is 74.5 Å². The first-order valence-electron chi connectivity index (χ1n) is 13.2. The highest BCUT2D eigenvalue weighted by molar-refractivity contribution is 7.89. The van der Waals surface area contributed by atoms with Gasteiger partial charge in [-0.15, -0.1) is 0 Å². The van der Waals surface area contributed by atoms with Crippen molar-refractivity contribution < 1.29 is 27.0 Å². The zero-order chi connectivity index (χ0) is 31.8. The van der Waals surface area contributed by atoms with Gasteiger partial charge in [0.1, 0.15) is 0 Å². The highest BCUT2D eigenvalue weighted by Crippen LogP contribution is 2.08. The maximum atomic E-state index is 10.7. The summed E-state index contributed by atoms with van der Waals surface area (Å²) in [7, 11) is -7.04. The quantitative estimate of drug-likeness (QED) is 0.250. The standard InChI is InChI=1S/2C9H12O.2C7H9NO2S/c2*1-8(10)7-9-5-3-2-4-6-9;2*1-6-2-4-7(5-3-6)11(8,9)10/h2*2-6,8,10H,7H2,1H3;2*2-5H,1H3,(H2,8,9,10)/t2*8-;;/m00../s1. The lowest BCUT2D eigenvalue weighted by Crippen LogP contribution is -2.11. The maximum Gasteiger partial charge on any atom is 0.238 e. The third-order valence-electron chi connectivity index (χ3n) is 5.45. The van der Waals surface area contributed by atoms with E-state index in [9.17, 15) is 16.8 Å². The molecular formula is C32H42N2O6S2. The molecule has 0 bridgehead atoms. The summed E-state index contributed by atoms with van der Waals surface area (Å²) in [6, 6.07) is 32.8. The van der Waals surface area contributed by atoms with E-state index in [0.29, 0.717) is 0 Å². The summed E-state index contributed by atoms with van der Waals surface area (Å²) in [4.78, 5) is 0.311. The van der Waals surface area contributed by atoms with Crippen molar-refractivity contribution in [1.82, 2.24) is 0 Å². The second-order valence-corrected chi connectivity index (χ2v) is 12.9. The molecule has 0 aliphatic carbocycles. The van der Waals surface area contributed by atoms with Crippen LogP contribution < -0.4 is 10.3 Å². The Labute approximate surface area is 250 Å². The van der Waals surface area contributed by atoms with Gasteiger partial charge in [-0.25, -0.2) is 27.1 Å². The van der Waals surface area contributed by atoms with E-state index in [-0.39, 0.29) is 22.0 Å². The molecule has 0 spiro atoms. The van der Waals surface area contributed by atoms with Gasteiger partial charge in [-0.3, -0.25) is 0 Å². The van der Waals surface area contributed by atoms with Crippen LogP contribution in [0.4, 0.5) is 0 Å². The molecule has 0 saturated heterocycles. The molecule has 0 aliphatic heterocycles. The van der Waals surface area contributed by atoms with Crippen LogP contribution in [-0.2, 0) is 32.9 Å². The number of benzene rings is 4. The van der Waals surface area contributed by atoms with Crippen LogP contribution in [0.15, 0.2) is 119 Å². The molecule has 2 atom stereocenters.